The summed E-state index contributed by atoms with van der Waals surface area (Å²) in [6.07, 6.45) is 0. The Kier molecular flexibility index (Phi) is 4.86. The molecule has 2 aromatic rings. The number of hydrogen-bond acceptors (Lipinski definition) is 3. The summed E-state index contributed by atoms with van der Waals surface area (Å²) < 4.78 is 0. The summed E-state index contributed by atoms with van der Waals surface area (Å²) in [6.45, 7) is 5.57. The zero-order chi connectivity index (χ0) is 17.1. The van der Waals surface area contributed by atoms with Gasteiger partial charge in [0, 0.05) is 31.7 Å². The fourth-order valence-electron chi connectivity index (χ4n) is 3.12. The first-order valence-electron chi connectivity index (χ1n) is 8.43. The number of benzene rings is 2. The van der Waals surface area contributed by atoms with Crippen LogP contribution in [0.15, 0.2) is 48.5 Å². The molecule has 0 aromatic heterocycles. The molecule has 0 unspecified atom stereocenters. The molecule has 0 saturated carbocycles. The van der Waals surface area contributed by atoms with Crippen LogP contribution in [0.5, 0.6) is 0 Å². The second kappa shape index (κ2) is 7.05. The minimum absolute atomic E-state index is 0.0819. The Morgan fingerprint density at radius 2 is 1.79 bits per heavy atom. The van der Waals surface area contributed by atoms with Gasteiger partial charge in [0.05, 0.1) is 11.4 Å². The molecule has 1 amide bonds. The molecule has 0 N–H and O–H groups in total. The van der Waals surface area contributed by atoms with Crippen molar-refractivity contribution in [2.75, 3.05) is 50.1 Å². The topological polar surface area (TPSA) is 26.8 Å². The molecule has 4 heteroatoms. The lowest BCUT2D eigenvalue weighted by Gasteiger charge is -2.38. The summed E-state index contributed by atoms with van der Waals surface area (Å²) in [4.78, 5) is 19.5. The van der Waals surface area contributed by atoms with Crippen molar-refractivity contribution in [1.82, 2.24) is 4.90 Å². The van der Waals surface area contributed by atoms with E-state index in [1.807, 2.05) is 54.3 Å². The lowest BCUT2D eigenvalue weighted by Crippen LogP contribution is -2.45. The van der Waals surface area contributed by atoms with Crippen molar-refractivity contribution in [2.24, 2.45) is 0 Å². The Hall–Kier alpha value is -2.33. The summed E-state index contributed by atoms with van der Waals surface area (Å²) in [6, 6.07) is 16.0. The predicted molar refractivity (Wildman–Crippen MR) is 100 cm³/mol. The molecule has 1 aliphatic heterocycles. The SMILES string of the molecule is Cc1cccc(C(=O)N2CCN(CCN(C)C)c3ccccc32)c1. The summed E-state index contributed by atoms with van der Waals surface area (Å²) in [5.74, 6) is 0.0819. The Morgan fingerprint density at radius 3 is 2.50 bits per heavy atom. The summed E-state index contributed by atoms with van der Waals surface area (Å²) in [5, 5.41) is 0. The van der Waals surface area contributed by atoms with E-state index in [2.05, 4.69) is 30.0 Å². The predicted octanol–water partition coefficient (Wildman–Crippen LogP) is 3.02. The quantitative estimate of drug-likeness (QED) is 0.865. The van der Waals surface area contributed by atoms with E-state index in [1.54, 1.807) is 0 Å². The van der Waals surface area contributed by atoms with E-state index in [0.29, 0.717) is 0 Å². The maximum absolute atomic E-state index is 13.0. The molecular formula is C20H25N3O. The number of aryl methyl sites for hydroxylation is 1. The largest absolute Gasteiger partial charge is 0.367 e. The van der Waals surface area contributed by atoms with Crippen molar-refractivity contribution in [3.8, 4) is 0 Å². The summed E-state index contributed by atoms with van der Waals surface area (Å²) in [5.41, 5.74) is 4.02. The second-order valence-electron chi connectivity index (χ2n) is 6.61. The van der Waals surface area contributed by atoms with Crippen molar-refractivity contribution in [2.45, 2.75) is 6.92 Å². The third-order valence-corrected chi connectivity index (χ3v) is 4.43. The van der Waals surface area contributed by atoms with Crippen molar-refractivity contribution in [3.05, 3.63) is 59.7 Å². The smallest absolute Gasteiger partial charge is 0.258 e. The molecule has 1 aliphatic rings. The van der Waals surface area contributed by atoms with Crippen LogP contribution in [0.2, 0.25) is 0 Å². The summed E-state index contributed by atoms with van der Waals surface area (Å²) >= 11 is 0. The highest BCUT2D eigenvalue weighted by Crippen LogP contribution is 2.33. The number of para-hydroxylation sites is 2. The van der Waals surface area contributed by atoms with Gasteiger partial charge in [0.1, 0.15) is 0 Å². The highest BCUT2D eigenvalue weighted by atomic mass is 16.2. The molecule has 0 saturated heterocycles. The third kappa shape index (κ3) is 3.44. The van der Waals surface area contributed by atoms with E-state index in [0.717, 1.165) is 48.7 Å². The van der Waals surface area contributed by atoms with Crippen LogP contribution in [-0.4, -0.2) is 51.1 Å². The maximum Gasteiger partial charge on any atom is 0.258 e. The van der Waals surface area contributed by atoms with Gasteiger partial charge in [-0.1, -0.05) is 29.8 Å². The number of nitrogens with zero attached hydrogens (tertiary/aromatic N) is 3. The van der Waals surface area contributed by atoms with Gasteiger partial charge >= 0.3 is 0 Å². The van der Waals surface area contributed by atoms with Crippen LogP contribution < -0.4 is 9.80 Å². The van der Waals surface area contributed by atoms with Gasteiger partial charge in [-0.25, -0.2) is 0 Å². The number of carbonyl (C=O) groups excluding carboxylic acids is 1. The Labute approximate surface area is 144 Å². The molecular weight excluding hydrogens is 298 g/mol. The van der Waals surface area contributed by atoms with Crippen LogP contribution in [0.3, 0.4) is 0 Å². The van der Waals surface area contributed by atoms with Crippen LogP contribution >= 0.6 is 0 Å². The molecule has 24 heavy (non-hydrogen) atoms. The maximum atomic E-state index is 13.0. The fourth-order valence-corrected chi connectivity index (χ4v) is 3.12. The molecule has 0 aliphatic carbocycles. The average molecular weight is 323 g/mol. The number of anilines is 2. The molecule has 3 rings (SSSR count). The van der Waals surface area contributed by atoms with E-state index in [4.69, 9.17) is 0 Å². The lowest BCUT2D eigenvalue weighted by molar-refractivity contribution is 0.0986. The van der Waals surface area contributed by atoms with Gasteiger partial charge in [0.2, 0.25) is 0 Å². The van der Waals surface area contributed by atoms with Crippen molar-refractivity contribution in [1.29, 1.82) is 0 Å². The second-order valence-corrected chi connectivity index (χ2v) is 6.61. The van der Waals surface area contributed by atoms with Gasteiger partial charge in [0.15, 0.2) is 0 Å². The first-order chi connectivity index (χ1) is 11.6. The van der Waals surface area contributed by atoms with E-state index >= 15 is 0 Å². The molecule has 126 valence electrons. The number of hydrogen-bond donors (Lipinski definition) is 0. The van der Waals surface area contributed by atoms with Crippen LogP contribution in [0, 0.1) is 6.92 Å². The van der Waals surface area contributed by atoms with E-state index in [1.165, 1.54) is 0 Å². The van der Waals surface area contributed by atoms with E-state index in [9.17, 15) is 4.79 Å². The van der Waals surface area contributed by atoms with Gasteiger partial charge in [-0.3, -0.25) is 4.79 Å². The van der Waals surface area contributed by atoms with Crippen molar-refractivity contribution in [3.63, 3.8) is 0 Å². The van der Waals surface area contributed by atoms with Crippen LogP contribution in [0.4, 0.5) is 11.4 Å². The van der Waals surface area contributed by atoms with Crippen LogP contribution in [-0.2, 0) is 0 Å². The van der Waals surface area contributed by atoms with Crippen molar-refractivity contribution >= 4 is 17.3 Å². The number of amides is 1. The van der Waals surface area contributed by atoms with E-state index < -0.39 is 0 Å². The van der Waals surface area contributed by atoms with Gasteiger partial charge in [-0.15, -0.1) is 0 Å². The first-order valence-corrected chi connectivity index (χ1v) is 8.43. The zero-order valence-electron chi connectivity index (χ0n) is 14.7. The van der Waals surface area contributed by atoms with Gasteiger partial charge in [0.25, 0.3) is 5.91 Å². The Bertz CT molecular complexity index is 726. The van der Waals surface area contributed by atoms with Crippen molar-refractivity contribution < 1.29 is 4.79 Å². The highest BCUT2D eigenvalue weighted by Gasteiger charge is 2.27. The van der Waals surface area contributed by atoms with Crippen LogP contribution in [0.1, 0.15) is 15.9 Å². The number of rotatable bonds is 4. The molecule has 0 fully saturated rings. The Balaban J connectivity index is 1.88. The normalized spacial score (nSPS) is 14.0. The number of fused-ring (bicyclic) bond motifs is 1. The minimum atomic E-state index is 0.0819. The number of likely N-dealkylation sites (N-methyl/N-ethyl adjacent to an activating group) is 1. The monoisotopic (exact) mass is 323 g/mol. The minimum Gasteiger partial charge on any atom is -0.367 e. The molecule has 0 spiro atoms. The lowest BCUT2D eigenvalue weighted by atomic mass is 10.1. The Morgan fingerprint density at radius 1 is 1.04 bits per heavy atom. The van der Waals surface area contributed by atoms with Gasteiger partial charge < -0.3 is 14.7 Å². The fraction of sp³-hybridized carbons (Fsp3) is 0.350. The first kappa shape index (κ1) is 16.5. The zero-order valence-corrected chi connectivity index (χ0v) is 14.7. The van der Waals surface area contributed by atoms with Gasteiger partial charge in [-0.2, -0.15) is 0 Å². The standard InChI is InChI=1S/C20H25N3O/c1-16-7-6-8-17(15-16)20(24)23-14-13-22(12-11-21(2)3)18-9-4-5-10-19(18)23/h4-10,15H,11-14H2,1-3H3. The average Bonchev–Trinajstić information content (AvgIpc) is 2.59. The summed E-state index contributed by atoms with van der Waals surface area (Å²) in [7, 11) is 4.17. The molecule has 0 atom stereocenters. The third-order valence-electron chi connectivity index (χ3n) is 4.43. The van der Waals surface area contributed by atoms with E-state index in [-0.39, 0.29) is 5.91 Å². The molecule has 1 heterocycles. The molecule has 0 bridgehead atoms. The number of carbonyl (C=O) groups is 1. The van der Waals surface area contributed by atoms with Gasteiger partial charge in [-0.05, 0) is 45.3 Å². The molecule has 4 nitrogen and oxygen atoms in total. The molecule has 0 radical (unpaired) electrons. The van der Waals surface area contributed by atoms with Crippen LogP contribution in [0.25, 0.3) is 0 Å². The molecule has 2 aromatic carbocycles. The highest BCUT2D eigenvalue weighted by molar-refractivity contribution is 6.08.